The summed E-state index contributed by atoms with van der Waals surface area (Å²) >= 11 is 0. The quantitative estimate of drug-likeness (QED) is 0.890. The lowest BCUT2D eigenvalue weighted by Crippen LogP contribution is -2.47. The Morgan fingerprint density at radius 3 is 2.58 bits per heavy atom. The standard InChI is InChI=1S/C17H22N4O3/c1-23-12-15-18-16(11-17(22)19-15)21-8-6-20(7-9-21)13-4-3-5-14(10-13)24-2/h3-5,10-11H,6-9,12H2,1-2H3,(H,18,19,22). The molecule has 1 aliphatic rings. The molecular formula is C17H22N4O3. The van der Waals surface area contributed by atoms with Crippen LogP contribution in [0.4, 0.5) is 11.5 Å². The Labute approximate surface area is 140 Å². The average Bonchev–Trinajstić information content (AvgIpc) is 2.62. The molecule has 1 aromatic carbocycles. The summed E-state index contributed by atoms with van der Waals surface area (Å²) in [4.78, 5) is 23.4. The number of H-pyrrole nitrogens is 1. The molecule has 0 aliphatic carbocycles. The Bertz CT molecular complexity index is 739. The van der Waals surface area contributed by atoms with E-state index in [2.05, 4.69) is 25.8 Å². The van der Waals surface area contributed by atoms with Gasteiger partial charge in [0.05, 0.1) is 7.11 Å². The highest BCUT2D eigenvalue weighted by Crippen LogP contribution is 2.23. The zero-order valence-electron chi connectivity index (χ0n) is 14.0. The molecule has 0 saturated carbocycles. The van der Waals surface area contributed by atoms with E-state index >= 15 is 0 Å². The van der Waals surface area contributed by atoms with Gasteiger partial charge in [-0.15, -0.1) is 0 Å². The van der Waals surface area contributed by atoms with Gasteiger partial charge in [-0.25, -0.2) is 4.98 Å². The first-order valence-corrected chi connectivity index (χ1v) is 7.93. The van der Waals surface area contributed by atoms with Crippen LogP contribution in [0, 0.1) is 0 Å². The summed E-state index contributed by atoms with van der Waals surface area (Å²) in [5, 5.41) is 0. The van der Waals surface area contributed by atoms with E-state index in [0.717, 1.165) is 37.6 Å². The fourth-order valence-corrected chi connectivity index (χ4v) is 2.86. The third-order valence-electron chi connectivity index (χ3n) is 4.08. The molecule has 0 unspecified atom stereocenters. The molecule has 0 amide bonds. The van der Waals surface area contributed by atoms with Crippen LogP contribution in [0.3, 0.4) is 0 Å². The summed E-state index contributed by atoms with van der Waals surface area (Å²) < 4.78 is 10.3. The lowest BCUT2D eigenvalue weighted by atomic mass is 10.2. The molecule has 1 aromatic heterocycles. The van der Waals surface area contributed by atoms with Crippen LogP contribution in [0.1, 0.15) is 5.82 Å². The van der Waals surface area contributed by atoms with Crippen molar-refractivity contribution in [3.63, 3.8) is 0 Å². The molecule has 2 heterocycles. The van der Waals surface area contributed by atoms with Gasteiger partial charge in [-0.3, -0.25) is 4.79 Å². The number of anilines is 2. The summed E-state index contributed by atoms with van der Waals surface area (Å²) in [6, 6.07) is 9.60. The maximum Gasteiger partial charge on any atom is 0.253 e. The molecule has 7 heteroatoms. The molecule has 0 radical (unpaired) electrons. The van der Waals surface area contributed by atoms with E-state index < -0.39 is 0 Å². The Morgan fingerprint density at radius 1 is 1.12 bits per heavy atom. The largest absolute Gasteiger partial charge is 0.497 e. The second-order valence-electron chi connectivity index (χ2n) is 5.66. The van der Waals surface area contributed by atoms with Gasteiger partial charge in [-0.1, -0.05) is 6.07 Å². The molecule has 3 rings (SSSR count). The van der Waals surface area contributed by atoms with E-state index in [1.54, 1.807) is 20.3 Å². The Morgan fingerprint density at radius 2 is 1.88 bits per heavy atom. The normalized spacial score (nSPS) is 14.8. The number of benzene rings is 1. The number of hydrogen-bond donors (Lipinski definition) is 1. The van der Waals surface area contributed by atoms with Gasteiger partial charge in [0.2, 0.25) is 0 Å². The zero-order chi connectivity index (χ0) is 16.9. The van der Waals surface area contributed by atoms with Crippen molar-refractivity contribution in [2.75, 3.05) is 50.2 Å². The van der Waals surface area contributed by atoms with Gasteiger partial charge in [-0.05, 0) is 12.1 Å². The fourth-order valence-electron chi connectivity index (χ4n) is 2.86. The van der Waals surface area contributed by atoms with Crippen molar-refractivity contribution in [1.82, 2.24) is 9.97 Å². The molecule has 24 heavy (non-hydrogen) atoms. The van der Waals surface area contributed by atoms with Gasteiger partial charge in [-0.2, -0.15) is 0 Å². The monoisotopic (exact) mass is 330 g/mol. The number of nitrogens with one attached hydrogen (secondary N) is 1. The minimum Gasteiger partial charge on any atom is -0.497 e. The number of rotatable bonds is 5. The zero-order valence-corrected chi connectivity index (χ0v) is 14.0. The summed E-state index contributed by atoms with van der Waals surface area (Å²) in [5.74, 6) is 2.11. The van der Waals surface area contributed by atoms with Crippen LogP contribution in [0.15, 0.2) is 35.1 Å². The molecule has 7 nitrogen and oxygen atoms in total. The molecule has 0 spiro atoms. The van der Waals surface area contributed by atoms with Crippen molar-refractivity contribution in [3.05, 3.63) is 46.5 Å². The first-order chi connectivity index (χ1) is 11.7. The molecule has 1 aliphatic heterocycles. The van der Waals surface area contributed by atoms with Crippen LogP contribution in [0.5, 0.6) is 5.75 Å². The van der Waals surface area contributed by atoms with Crippen LogP contribution in [0.2, 0.25) is 0 Å². The highest BCUT2D eigenvalue weighted by molar-refractivity contribution is 5.52. The van der Waals surface area contributed by atoms with Crippen molar-refractivity contribution >= 4 is 11.5 Å². The van der Waals surface area contributed by atoms with Gasteiger partial charge >= 0.3 is 0 Å². The number of hydrogen-bond acceptors (Lipinski definition) is 6. The van der Waals surface area contributed by atoms with Crippen LogP contribution >= 0.6 is 0 Å². The average molecular weight is 330 g/mol. The maximum atomic E-state index is 11.8. The topological polar surface area (TPSA) is 70.7 Å². The first kappa shape index (κ1) is 16.3. The minimum absolute atomic E-state index is 0.151. The predicted octanol–water partition coefficient (Wildman–Crippen LogP) is 1.25. The molecule has 1 N–H and O–H groups in total. The second kappa shape index (κ2) is 7.35. The van der Waals surface area contributed by atoms with E-state index in [0.29, 0.717) is 18.2 Å². The Hall–Kier alpha value is -2.54. The van der Waals surface area contributed by atoms with Crippen molar-refractivity contribution in [2.45, 2.75) is 6.61 Å². The third kappa shape index (κ3) is 3.68. The van der Waals surface area contributed by atoms with Crippen LogP contribution in [-0.4, -0.2) is 50.4 Å². The molecule has 2 aromatic rings. The van der Waals surface area contributed by atoms with Crippen LogP contribution < -0.4 is 20.1 Å². The summed E-state index contributed by atoms with van der Waals surface area (Å²) in [5.41, 5.74) is 0.996. The highest BCUT2D eigenvalue weighted by Gasteiger charge is 2.19. The van der Waals surface area contributed by atoms with Crippen molar-refractivity contribution in [1.29, 1.82) is 0 Å². The van der Waals surface area contributed by atoms with Crippen molar-refractivity contribution in [3.8, 4) is 5.75 Å². The van der Waals surface area contributed by atoms with Crippen LogP contribution in [0.25, 0.3) is 0 Å². The van der Waals surface area contributed by atoms with Crippen LogP contribution in [-0.2, 0) is 11.3 Å². The molecular weight excluding hydrogens is 308 g/mol. The van der Waals surface area contributed by atoms with E-state index in [-0.39, 0.29) is 5.56 Å². The molecule has 1 fully saturated rings. The van der Waals surface area contributed by atoms with Gasteiger partial charge < -0.3 is 24.3 Å². The van der Waals surface area contributed by atoms with E-state index in [4.69, 9.17) is 9.47 Å². The van der Waals surface area contributed by atoms with Crippen molar-refractivity contribution < 1.29 is 9.47 Å². The molecule has 0 bridgehead atoms. The lowest BCUT2D eigenvalue weighted by Gasteiger charge is -2.36. The van der Waals surface area contributed by atoms with E-state index in [1.165, 1.54) is 0 Å². The minimum atomic E-state index is -0.151. The van der Waals surface area contributed by atoms with E-state index in [9.17, 15) is 4.79 Å². The number of methoxy groups -OCH3 is 2. The van der Waals surface area contributed by atoms with Gasteiger partial charge in [0.1, 0.15) is 24.0 Å². The summed E-state index contributed by atoms with van der Waals surface area (Å²) in [6.07, 6.45) is 0. The Kier molecular flexibility index (Phi) is 5.00. The van der Waals surface area contributed by atoms with Gasteiger partial charge in [0, 0.05) is 51.1 Å². The third-order valence-corrected chi connectivity index (χ3v) is 4.08. The first-order valence-electron chi connectivity index (χ1n) is 7.93. The SMILES string of the molecule is COCc1nc(N2CCN(c3cccc(OC)c3)CC2)cc(=O)[nH]1. The summed E-state index contributed by atoms with van der Waals surface area (Å²) in [6.45, 7) is 3.63. The highest BCUT2D eigenvalue weighted by atomic mass is 16.5. The number of ether oxygens (including phenoxy) is 2. The van der Waals surface area contributed by atoms with Gasteiger partial charge in [0.15, 0.2) is 0 Å². The number of aromatic amines is 1. The van der Waals surface area contributed by atoms with Crippen molar-refractivity contribution in [2.24, 2.45) is 0 Å². The lowest BCUT2D eigenvalue weighted by molar-refractivity contribution is 0.177. The molecule has 1 saturated heterocycles. The second-order valence-corrected chi connectivity index (χ2v) is 5.66. The molecule has 128 valence electrons. The molecule has 0 atom stereocenters. The fraction of sp³-hybridized carbons (Fsp3) is 0.412. The van der Waals surface area contributed by atoms with E-state index in [1.807, 2.05) is 18.2 Å². The number of piperazine rings is 1. The van der Waals surface area contributed by atoms with Gasteiger partial charge in [0.25, 0.3) is 5.56 Å². The predicted molar refractivity (Wildman–Crippen MR) is 93.0 cm³/mol. The smallest absolute Gasteiger partial charge is 0.253 e. The maximum absolute atomic E-state index is 11.8. The summed E-state index contributed by atoms with van der Waals surface area (Å²) in [7, 11) is 3.26. The Balaban J connectivity index is 1.69. The number of aromatic nitrogens is 2. The number of nitrogens with zero attached hydrogens (tertiary/aromatic N) is 3.